The van der Waals surface area contributed by atoms with E-state index >= 15 is 0 Å². The number of sulfonamides is 1. The van der Waals surface area contributed by atoms with Gasteiger partial charge in [-0.05, 0) is 67.8 Å². The van der Waals surface area contributed by atoms with Crippen molar-refractivity contribution < 1.29 is 31.2 Å². The predicted octanol–water partition coefficient (Wildman–Crippen LogP) is 7.34. The number of nitrogens with zero attached hydrogens (tertiary/aromatic N) is 2. The molecule has 1 aliphatic carbocycles. The molecule has 0 radical (unpaired) electrons. The zero-order valence-corrected chi connectivity index (χ0v) is 26.5. The summed E-state index contributed by atoms with van der Waals surface area (Å²) in [6.45, 7) is 0.359. The highest BCUT2D eigenvalue weighted by Gasteiger charge is 2.36. The largest absolute Gasteiger partial charge is 0.416 e. The van der Waals surface area contributed by atoms with Crippen molar-refractivity contribution in [3.05, 3.63) is 92.9 Å². The summed E-state index contributed by atoms with van der Waals surface area (Å²) in [6.07, 6.45) is -1.34. The van der Waals surface area contributed by atoms with Crippen molar-refractivity contribution in [2.24, 2.45) is 0 Å². The number of hydrogen-bond acceptors (Lipinski definition) is 4. The Bertz CT molecular complexity index is 1620. The smallest absolute Gasteiger partial charge is 0.352 e. The van der Waals surface area contributed by atoms with Crippen molar-refractivity contribution in [2.75, 3.05) is 10.8 Å². The van der Waals surface area contributed by atoms with Crippen molar-refractivity contribution in [3.8, 4) is 0 Å². The third-order valence-corrected chi connectivity index (χ3v) is 10.2. The van der Waals surface area contributed by atoms with Gasteiger partial charge >= 0.3 is 6.18 Å². The average Bonchev–Trinajstić information content (AvgIpc) is 3.49. The first-order valence-electron chi connectivity index (χ1n) is 13.7. The molecule has 3 aromatic carbocycles. The lowest BCUT2D eigenvalue weighted by atomic mass is 10.1. The van der Waals surface area contributed by atoms with Crippen molar-refractivity contribution in [1.29, 1.82) is 0 Å². The summed E-state index contributed by atoms with van der Waals surface area (Å²) in [4.78, 5) is 28.2. The Balaban J connectivity index is 1.77. The molecule has 236 valence electrons. The molecule has 14 heteroatoms. The van der Waals surface area contributed by atoms with Crippen molar-refractivity contribution in [2.45, 2.75) is 62.3 Å². The number of anilines is 1. The Morgan fingerprint density at radius 3 is 2.18 bits per heavy atom. The minimum absolute atomic E-state index is 0.0641. The quantitative estimate of drug-likeness (QED) is 0.241. The fourth-order valence-corrected chi connectivity index (χ4v) is 6.96. The van der Waals surface area contributed by atoms with E-state index in [9.17, 15) is 31.2 Å². The highest BCUT2D eigenvalue weighted by Crippen LogP contribution is 2.37. The SMILES string of the molecule is CC(C(=O)NC1CCCC1)N(Cc1ccc(Cl)c(Cl)c1)C(=O)CN(c1cc(C(F)(F)F)ccc1Cl)S(=O)(=O)c1ccccc1. The number of rotatable bonds is 10. The normalized spacial score (nSPS) is 14.7. The Hall–Kier alpha value is -2.99. The topological polar surface area (TPSA) is 86.8 Å². The molecule has 1 atom stereocenters. The van der Waals surface area contributed by atoms with Crippen LogP contribution >= 0.6 is 34.8 Å². The van der Waals surface area contributed by atoms with E-state index in [-0.39, 0.29) is 32.5 Å². The van der Waals surface area contributed by atoms with Gasteiger partial charge in [-0.3, -0.25) is 13.9 Å². The summed E-state index contributed by atoms with van der Waals surface area (Å²) in [7, 11) is -4.62. The first-order chi connectivity index (χ1) is 20.7. The molecule has 2 amide bonds. The summed E-state index contributed by atoms with van der Waals surface area (Å²) >= 11 is 18.5. The molecule has 0 aliphatic heterocycles. The Kier molecular flexibility index (Phi) is 10.8. The van der Waals surface area contributed by atoms with Crippen LogP contribution in [0, 0.1) is 0 Å². The van der Waals surface area contributed by atoms with Gasteiger partial charge in [-0.1, -0.05) is 71.9 Å². The van der Waals surface area contributed by atoms with Gasteiger partial charge in [0.05, 0.1) is 31.2 Å². The first-order valence-corrected chi connectivity index (χ1v) is 16.2. The Morgan fingerprint density at radius 2 is 1.57 bits per heavy atom. The van der Waals surface area contributed by atoms with Crippen LogP contribution in [-0.4, -0.2) is 43.8 Å². The van der Waals surface area contributed by atoms with Gasteiger partial charge in [-0.15, -0.1) is 0 Å². The maximum atomic E-state index is 14.1. The second-order valence-electron chi connectivity index (χ2n) is 10.4. The van der Waals surface area contributed by atoms with Gasteiger partial charge in [0.2, 0.25) is 11.8 Å². The third kappa shape index (κ3) is 7.99. The number of benzene rings is 3. The minimum Gasteiger partial charge on any atom is -0.352 e. The van der Waals surface area contributed by atoms with Gasteiger partial charge in [0.15, 0.2) is 0 Å². The minimum atomic E-state index is -4.82. The molecule has 7 nitrogen and oxygen atoms in total. The van der Waals surface area contributed by atoms with Crippen molar-refractivity contribution in [3.63, 3.8) is 0 Å². The van der Waals surface area contributed by atoms with Crippen LogP contribution in [0.2, 0.25) is 15.1 Å². The number of alkyl halides is 3. The summed E-state index contributed by atoms with van der Waals surface area (Å²) < 4.78 is 69.4. The second kappa shape index (κ2) is 14.0. The molecule has 1 fully saturated rings. The first kappa shape index (κ1) is 33.9. The summed E-state index contributed by atoms with van der Waals surface area (Å²) in [5.41, 5.74) is -1.21. The zero-order chi connectivity index (χ0) is 32.2. The van der Waals surface area contributed by atoms with Gasteiger partial charge in [0.25, 0.3) is 10.0 Å². The van der Waals surface area contributed by atoms with Gasteiger partial charge in [-0.25, -0.2) is 8.42 Å². The van der Waals surface area contributed by atoms with Crippen LogP contribution in [0.1, 0.15) is 43.7 Å². The van der Waals surface area contributed by atoms with E-state index in [1.54, 1.807) is 12.1 Å². The van der Waals surface area contributed by atoms with Gasteiger partial charge in [-0.2, -0.15) is 13.2 Å². The van der Waals surface area contributed by atoms with E-state index < -0.39 is 51.9 Å². The van der Waals surface area contributed by atoms with E-state index in [1.807, 2.05) is 0 Å². The maximum absolute atomic E-state index is 14.1. The van der Waals surface area contributed by atoms with Crippen molar-refractivity contribution >= 4 is 62.3 Å². The lowest BCUT2D eigenvalue weighted by Crippen LogP contribution is -2.52. The number of amides is 2. The van der Waals surface area contributed by atoms with E-state index in [4.69, 9.17) is 34.8 Å². The molecule has 44 heavy (non-hydrogen) atoms. The Morgan fingerprint density at radius 1 is 0.932 bits per heavy atom. The molecule has 4 rings (SSSR count). The molecule has 0 saturated heterocycles. The van der Waals surface area contributed by atoms with Crippen LogP contribution in [-0.2, 0) is 32.3 Å². The standard InChI is InChI=1S/C30H29Cl3F3N3O4S/c1-19(29(41)37-22-7-5-6-8-22)38(17-20-11-13-24(31)26(33)15-20)28(40)18-39(44(42,43)23-9-3-2-4-10-23)27-16-21(30(34,35)36)12-14-25(27)32/h2-4,9-16,19,22H,5-8,17-18H2,1H3,(H,37,41). The van der Waals surface area contributed by atoms with Crippen LogP contribution in [0.4, 0.5) is 18.9 Å². The van der Waals surface area contributed by atoms with E-state index in [1.165, 1.54) is 43.3 Å². The van der Waals surface area contributed by atoms with Crippen LogP contribution in [0.3, 0.4) is 0 Å². The molecule has 1 saturated carbocycles. The van der Waals surface area contributed by atoms with E-state index in [2.05, 4.69) is 5.32 Å². The number of hydrogen-bond donors (Lipinski definition) is 1. The molecular formula is C30H29Cl3F3N3O4S. The molecule has 0 heterocycles. The number of nitrogens with one attached hydrogen (secondary N) is 1. The average molecular weight is 691 g/mol. The molecule has 3 aromatic rings. The van der Waals surface area contributed by atoms with Crippen LogP contribution in [0.25, 0.3) is 0 Å². The van der Waals surface area contributed by atoms with Gasteiger partial charge in [0.1, 0.15) is 12.6 Å². The summed E-state index contributed by atoms with van der Waals surface area (Å²) in [5, 5.41) is 3.07. The number of halogens is 6. The molecule has 1 unspecified atom stereocenters. The fraction of sp³-hybridized carbons (Fsp3) is 0.333. The molecule has 0 spiro atoms. The second-order valence-corrected chi connectivity index (χ2v) is 13.5. The zero-order valence-electron chi connectivity index (χ0n) is 23.5. The predicted molar refractivity (Wildman–Crippen MR) is 164 cm³/mol. The van der Waals surface area contributed by atoms with Gasteiger partial charge in [0, 0.05) is 12.6 Å². The van der Waals surface area contributed by atoms with Crippen LogP contribution in [0.5, 0.6) is 0 Å². The van der Waals surface area contributed by atoms with Crippen molar-refractivity contribution in [1.82, 2.24) is 10.2 Å². The number of carbonyl (C=O) groups is 2. The third-order valence-electron chi connectivity index (χ3n) is 7.36. The highest BCUT2D eigenvalue weighted by molar-refractivity contribution is 7.92. The maximum Gasteiger partial charge on any atom is 0.416 e. The molecular weight excluding hydrogens is 662 g/mol. The lowest BCUT2D eigenvalue weighted by Gasteiger charge is -2.33. The molecule has 1 aliphatic rings. The van der Waals surface area contributed by atoms with E-state index in [0.29, 0.717) is 22.0 Å². The molecule has 1 N–H and O–H groups in total. The number of carbonyl (C=O) groups excluding carboxylic acids is 2. The molecule has 0 aromatic heterocycles. The highest BCUT2D eigenvalue weighted by atomic mass is 35.5. The summed E-state index contributed by atoms with van der Waals surface area (Å²) in [5.74, 6) is -1.32. The van der Waals surface area contributed by atoms with Crippen LogP contribution < -0.4 is 9.62 Å². The monoisotopic (exact) mass is 689 g/mol. The van der Waals surface area contributed by atoms with Gasteiger partial charge < -0.3 is 10.2 Å². The molecule has 0 bridgehead atoms. The summed E-state index contributed by atoms with van der Waals surface area (Å²) in [6, 6.07) is 12.6. The Labute approximate surface area is 268 Å². The fourth-order valence-electron chi connectivity index (χ4n) is 4.92. The van der Waals surface area contributed by atoms with E-state index in [0.717, 1.165) is 36.6 Å². The van der Waals surface area contributed by atoms with Crippen LogP contribution in [0.15, 0.2) is 71.6 Å². The lowest BCUT2D eigenvalue weighted by molar-refractivity contribution is -0.139.